The van der Waals surface area contributed by atoms with Crippen LogP contribution < -0.4 is 6.15 Å². The molecule has 0 aliphatic rings. The first-order valence-corrected chi connectivity index (χ1v) is 2.00. The minimum Gasteiger partial charge on any atom is -0.759 e. The van der Waals surface area contributed by atoms with Crippen LogP contribution in [0.15, 0.2) is 0 Å². The van der Waals surface area contributed by atoms with Crippen molar-refractivity contribution in [3.05, 3.63) is 0 Å². The van der Waals surface area contributed by atoms with Crippen LogP contribution in [0.3, 0.4) is 0 Å². The fourth-order valence-electron chi connectivity index (χ4n) is 0. The largest absolute Gasteiger partial charge is 2.00 e. The Morgan fingerprint density at radius 3 is 1.14 bits per heavy atom. The molecule has 0 saturated heterocycles. The van der Waals surface area contributed by atoms with Gasteiger partial charge in [0.25, 0.3) is 0 Å². The second-order valence-electron chi connectivity index (χ2n) is 0.408. The fraction of sp³-hybridized carbons (Fsp3) is 0. The van der Waals surface area contributed by atoms with Crippen LogP contribution in [0.5, 0.6) is 0 Å². The summed E-state index contributed by atoms with van der Waals surface area (Å²) in [5.74, 6) is 0. The van der Waals surface area contributed by atoms with Crippen molar-refractivity contribution in [2.45, 2.75) is 0 Å². The predicted octanol–water partition coefficient (Wildman–Crippen LogP) is -0.964. The van der Waals surface area contributed by atoms with E-state index >= 15 is 0 Å². The van der Waals surface area contributed by atoms with Crippen LogP contribution in [0.2, 0.25) is 0 Å². The van der Waals surface area contributed by atoms with E-state index < -0.39 is 10.4 Å². The Kier molecular flexibility index (Phi) is 10.3. The first-order valence-electron chi connectivity index (χ1n) is 0.667. The summed E-state index contributed by atoms with van der Waals surface area (Å²) in [7, 11) is -5.17. The van der Waals surface area contributed by atoms with Crippen molar-refractivity contribution >= 4 is 10.4 Å². The Bertz CT molecular complexity index is 94.9. The molecule has 0 spiro atoms. The molecule has 0 aliphatic carbocycles. The van der Waals surface area contributed by atoms with Crippen LogP contribution in [-0.2, 0) is 29.9 Å². The number of rotatable bonds is 0. The zero-order valence-electron chi connectivity index (χ0n) is 3.75. The minimum atomic E-state index is -5.17. The molecule has 0 heterocycles. The monoisotopic (exact) mass is 178 g/mol. The maximum Gasteiger partial charge on any atom is 2.00 e. The van der Waals surface area contributed by atoms with Gasteiger partial charge in [0, 0.05) is 10.4 Å². The first-order chi connectivity index (χ1) is 2.00. The minimum absolute atomic E-state index is 0. The van der Waals surface area contributed by atoms with Crippen LogP contribution >= 0.6 is 0 Å². The zero-order chi connectivity index (χ0) is 4.50. The molecule has 0 aliphatic heterocycles. The zero-order valence-corrected chi connectivity index (χ0v) is 7.53. The Morgan fingerprint density at radius 2 is 1.14 bits per heavy atom. The summed E-state index contributed by atoms with van der Waals surface area (Å²) < 4.78 is 34.1. The number of quaternary nitrogens is 1. The van der Waals surface area contributed by atoms with E-state index in [0.29, 0.717) is 0 Å². The van der Waals surface area contributed by atoms with E-state index in [2.05, 4.69) is 0 Å². The van der Waals surface area contributed by atoms with Gasteiger partial charge in [-0.3, -0.25) is 8.42 Å². The van der Waals surface area contributed by atoms with E-state index in [-0.39, 0.29) is 25.6 Å². The van der Waals surface area contributed by atoms with Crippen molar-refractivity contribution in [3.8, 4) is 0 Å². The van der Waals surface area contributed by atoms with E-state index in [1.54, 1.807) is 0 Å². The van der Waals surface area contributed by atoms with Crippen LogP contribution in [0.1, 0.15) is 0 Å². The summed E-state index contributed by atoms with van der Waals surface area (Å²) in [5.41, 5.74) is 0. The summed E-state index contributed by atoms with van der Waals surface area (Å²) >= 11 is 0. The van der Waals surface area contributed by atoms with Gasteiger partial charge in [-0.05, 0) is 0 Å². The molecule has 0 fully saturated rings. The third-order valence-electron chi connectivity index (χ3n) is 0. The smallest absolute Gasteiger partial charge is 0.759 e. The average Bonchev–Trinajstić information content (AvgIpc) is 0.722. The summed E-state index contributed by atoms with van der Waals surface area (Å²) in [6, 6.07) is 0. The summed E-state index contributed by atoms with van der Waals surface area (Å²) in [6.45, 7) is 0. The number of hydrogen-bond acceptors (Lipinski definition) is 4. The molecule has 0 atom stereocenters. The van der Waals surface area contributed by atoms with Gasteiger partial charge >= 0.3 is 19.5 Å². The number of hydrogen-bond donors (Lipinski definition) is 1. The van der Waals surface area contributed by atoms with Gasteiger partial charge in [-0.25, -0.2) is 0 Å². The summed E-state index contributed by atoms with van der Waals surface area (Å²) in [5, 5.41) is 0. The van der Waals surface area contributed by atoms with Crippen LogP contribution in [0.25, 0.3) is 0 Å². The molecular weight excluding hydrogens is 175 g/mol. The molecular formula is H4NO4SZn+. The average molecular weight is 179 g/mol. The van der Waals surface area contributed by atoms with Gasteiger partial charge in [0.15, 0.2) is 0 Å². The molecule has 0 rings (SSSR count). The molecule has 0 saturated carbocycles. The normalized spacial score (nSPS) is 8.29. The van der Waals surface area contributed by atoms with E-state index in [1.807, 2.05) is 0 Å². The molecule has 0 amide bonds. The molecule has 0 radical (unpaired) electrons. The van der Waals surface area contributed by atoms with Gasteiger partial charge in [-0.1, -0.05) is 0 Å². The summed E-state index contributed by atoms with van der Waals surface area (Å²) in [6.07, 6.45) is 0. The Hall–Kier alpha value is 0.453. The maximum absolute atomic E-state index is 8.52. The summed E-state index contributed by atoms with van der Waals surface area (Å²) in [4.78, 5) is 0. The van der Waals surface area contributed by atoms with Crippen molar-refractivity contribution in [1.82, 2.24) is 6.15 Å². The molecule has 40 valence electrons. The third kappa shape index (κ3) is 623. The predicted molar refractivity (Wildman–Crippen MR) is 16.5 cm³/mol. The van der Waals surface area contributed by atoms with Crippen molar-refractivity contribution in [2.75, 3.05) is 0 Å². The van der Waals surface area contributed by atoms with Crippen molar-refractivity contribution in [1.29, 1.82) is 0 Å². The van der Waals surface area contributed by atoms with Gasteiger partial charge in [0.1, 0.15) is 0 Å². The molecule has 0 unspecified atom stereocenters. The van der Waals surface area contributed by atoms with Gasteiger partial charge in [-0.2, -0.15) is 0 Å². The Labute approximate surface area is 54.0 Å². The van der Waals surface area contributed by atoms with E-state index in [0.717, 1.165) is 0 Å². The fourth-order valence-corrected chi connectivity index (χ4v) is 0. The van der Waals surface area contributed by atoms with Crippen LogP contribution in [0, 0.1) is 0 Å². The second-order valence-corrected chi connectivity index (χ2v) is 1.22. The SMILES string of the molecule is O=S(=O)([O-])[O-].[NH4+].[Zn+2]. The van der Waals surface area contributed by atoms with Gasteiger partial charge in [0.05, 0.1) is 0 Å². The molecule has 0 bridgehead atoms. The van der Waals surface area contributed by atoms with Crippen molar-refractivity contribution in [3.63, 3.8) is 0 Å². The van der Waals surface area contributed by atoms with Crippen molar-refractivity contribution in [2.24, 2.45) is 0 Å². The molecule has 5 nitrogen and oxygen atoms in total. The molecule has 0 aromatic rings. The molecule has 7 heteroatoms. The Morgan fingerprint density at radius 1 is 1.14 bits per heavy atom. The topological polar surface area (TPSA) is 117 Å². The molecule has 7 heavy (non-hydrogen) atoms. The van der Waals surface area contributed by atoms with Crippen molar-refractivity contribution < 1.29 is 37.0 Å². The maximum atomic E-state index is 8.52. The first kappa shape index (κ1) is 15.7. The standard InChI is InChI=1S/H3N.H2O4S.Zn/c;1-5(2,3)4;/h1H3;(H2,1,2,3,4);/q;;+2/p-1. The Balaban J connectivity index is -0.0000000800. The molecule has 4 N–H and O–H groups in total. The molecule has 0 aromatic carbocycles. The molecule has 0 aromatic heterocycles. The quantitative estimate of drug-likeness (QED) is 0.293. The van der Waals surface area contributed by atoms with E-state index in [9.17, 15) is 0 Å². The van der Waals surface area contributed by atoms with Crippen LogP contribution in [-0.4, -0.2) is 17.5 Å². The van der Waals surface area contributed by atoms with Gasteiger partial charge in [-0.15, -0.1) is 0 Å². The van der Waals surface area contributed by atoms with Gasteiger partial charge in [0.2, 0.25) is 0 Å². The van der Waals surface area contributed by atoms with Crippen LogP contribution in [0.4, 0.5) is 0 Å². The second kappa shape index (κ2) is 4.61. The van der Waals surface area contributed by atoms with E-state index in [1.165, 1.54) is 0 Å². The van der Waals surface area contributed by atoms with E-state index in [4.69, 9.17) is 17.5 Å². The third-order valence-corrected chi connectivity index (χ3v) is 0. The van der Waals surface area contributed by atoms with Gasteiger partial charge < -0.3 is 15.3 Å².